The number of benzene rings is 2. The zero-order valence-electron chi connectivity index (χ0n) is 18.5. The van der Waals surface area contributed by atoms with Crippen LogP contribution in [0, 0.1) is 0 Å². The van der Waals surface area contributed by atoms with E-state index in [1.807, 2.05) is 55.1 Å². The summed E-state index contributed by atoms with van der Waals surface area (Å²) in [5.74, 6) is 2.28. The van der Waals surface area contributed by atoms with Crippen molar-refractivity contribution in [2.45, 2.75) is 38.9 Å². The van der Waals surface area contributed by atoms with E-state index in [4.69, 9.17) is 18.6 Å². The van der Waals surface area contributed by atoms with Gasteiger partial charge in [-0.05, 0) is 62.2 Å². The lowest BCUT2D eigenvalue weighted by Crippen LogP contribution is -2.48. The van der Waals surface area contributed by atoms with Gasteiger partial charge in [0, 0.05) is 30.5 Å². The first-order valence-electron chi connectivity index (χ1n) is 10.6. The monoisotopic (exact) mass is 423 g/mol. The zero-order chi connectivity index (χ0) is 22.0. The van der Waals surface area contributed by atoms with Gasteiger partial charge in [-0.25, -0.2) is 0 Å². The number of morpholine rings is 1. The Balaban J connectivity index is 1.47. The first-order chi connectivity index (χ1) is 15.0. The minimum absolute atomic E-state index is 0.0879. The first kappa shape index (κ1) is 21.2. The van der Waals surface area contributed by atoms with Crippen LogP contribution < -0.4 is 9.47 Å². The molecular formula is C25H29NO5. The molecule has 164 valence electrons. The van der Waals surface area contributed by atoms with E-state index in [2.05, 4.69) is 6.07 Å². The lowest BCUT2D eigenvalue weighted by molar-refractivity contribution is -0.143. The molecule has 31 heavy (non-hydrogen) atoms. The lowest BCUT2D eigenvalue weighted by atomic mass is 10.1. The number of hydrogen-bond acceptors (Lipinski definition) is 5. The maximum Gasteiger partial charge on any atom is 0.223 e. The van der Waals surface area contributed by atoms with Gasteiger partial charge in [-0.1, -0.05) is 6.07 Å². The standard InChI is InChI=1S/C25H29NO5/c1-16-14-26(15-17(2)30-16)25(27)10-6-18-5-8-21-20(11-18)13-23(31-21)19-7-9-22(28-3)24(12-19)29-4/h5,7-9,11-13,16-17H,6,10,14-15H2,1-4H3. The van der Waals surface area contributed by atoms with E-state index in [0.29, 0.717) is 37.4 Å². The molecule has 1 fully saturated rings. The number of rotatable bonds is 6. The van der Waals surface area contributed by atoms with Gasteiger partial charge >= 0.3 is 0 Å². The summed E-state index contributed by atoms with van der Waals surface area (Å²) in [6.45, 7) is 5.36. The van der Waals surface area contributed by atoms with Gasteiger partial charge in [-0.2, -0.15) is 0 Å². The second-order valence-electron chi connectivity index (χ2n) is 8.11. The summed E-state index contributed by atoms with van der Waals surface area (Å²) in [5, 5.41) is 1.02. The summed E-state index contributed by atoms with van der Waals surface area (Å²) in [6.07, 6.45) is 1.37. The van der Waals surface area contributed by atoms with Gasteiger partial charge in [-0.3, -0.25) is 4.79 Å². The molecular weight excluding hydrogens is 394 g/mol. The Morgan fingerprint density at radius 2 is 1.74 bits per heavy atom. The number of carbonyl (C=O) groups is 1. The summed E-state index contributed by atoms with van der Waals surface area (Å²) in [5.41, 5.74) is 2.85. The van der Waals surface area contributed by atoms with Crippen molar-refractivity contribution in [3.63, 3.8) is 0 Å². The van der Waals surface area contributed by atoms with Crippen molar-refractivity contribution < 1.29 is 23.4 Å². The summed E-state index contributed by atoms with van der Waals surface area (Å²) in [6, 6.07) is 13.8. The number of nitrogens with zero attached hydrogens (tertiary/aromatic N) is 1. The highest BCUT2D eigenvalue weighted by atomic mass is 16.5. The predicted octanol–water partition coefficient (Wildman–Crippen LogP) is 4.69. The average Bonchev–Trinajstić information content (AvgIpc) is 3.19. The van der Waals surface area contributed by atoms with Crippen molar-refractivity contribution in [3.05, 3.63) is 48.0 Å². The quantitative estimate of drug-likeness (QED) is 0.576. The third kappa shape index (κ3) is 4.69. The number of furan rings is 1. The van der Waals surface area contributed by atoms with Crippen LogP contribution in [0.3, 0.4) is 0 Å². The number of ether oxygens (including phenoxy) is 3. The lowest BCUT2D eigenvalue weighted by Gasteiger charge is -2.35. The van der Waals surface area contributed by atoms with Gasteiger partial charge < -0.3 is 23.5 Å². The van der Waals surface area contributed by atoms with E-state index >= 15 is 0 Å². The number of aryl methyl sites for hydroxylation is 1. The summed E-state index contributed by atoms with van der Waals surface area (Å²) >= 11 is 0. The average molecular weight is 424 g/mol. The molecule has 0 saturated carbocycles. The van der Waals surface area contributed by atoms with Crippen LogP contribution in [0.25, 0.3) is 22.3 Å². The molecule has 0 spiro atoms. The normalized spacial score (nSPS) is 18.9. The van der Waals surface area contributed by atoms with E-state index < -0.39 is 0 Å². The smallest absolute Gasteiger partial charge is 0.223 e. The number of amides is 1. The third-order valence-corrected chi connectivity index (χ3v) is 5.65. The maximum absolute atomic E-state index is 12.7. The zero-order valence-corrected chi connectivity index (χ0v) is 18.5. The van der Waals surface area contributed by atoms with Crippen molar-refractivity contribution in [1.82, 2.24) is 4.90 Å². The Bertz CT molecular complexity index is 1060. The number of fused-ring (bicyclic) bond motifs is 1. The van der Waals surface area contributed by atoms with E-state index in [1.54, 1.807) is 14.2 Å². The highest BCUT2D eigenvalue weighted by Gasteiger charge is 2.25. The summed E-state index contributed by atoms with van der Waals surface area (Å²) < 4.78 is 22.5. The van der Waals surface area contributed by atoms with E-state index in [0.717, 1.165) is 27.9 Å². The van der Waals surface area contributed by atoms with Gasteiger partial charge in [0.15, 0.2) is 11.5 Å². The fourth-order valence-corrected chi connectivity index (χ4v) is 4.17. The van der Waals surface area contributed by atoms with Crippen LogP contribution >= 0.6 is 0 Å². The molecule has 1 amide bonds. The largest absolute Gasteiger partial charge is 0.493 e. The number of hydrogen-bond donors (Lipinski definition) is 0. The SMILES string of the molecule is COc1ccc(-c2cc3cc(CCC(=O)N4CC(C)OC(C)C4)ccc3o2)cc1OC. The van der Waals surface area contributed by atoms with Gasteiger partial charge in [0.2, 0.25) is 5.91 Å². The van der Waals surface area contributed by atoms with Crippen molar-refractivity contribution in [3.8, 4) is 22.8 Å². The summed E-state index contributed by atoms with van der Waals surface area (Å²) in [7, 11) is 3.23. The minimum Gasteiger partial charge on any atom is -0.493 e. The molecule has 2 atom stereocenters. The Labute approximate surface area is 182 Å². The van der Waals surface area contributed by atoms with Crippen LogP contribution in [0.1, 0.15) is 25.8 Å². The summed E-state index contributed by atoms with van der Waals surface area (Å²) in [4.78, 5) is 14.6. The van der Waals surface area contributed by atoms with Gasteiger partial charge in [0.25, 0.3) is 0 Å². The molecule has 2 unspecified atom stereocenters. The molecule has 1 aliphatic heterocycles. The predicted molar refractivity (Wildman–Crippen MR) is 120 cm³/mol. The van der Waals surface area contributed by atoms with E-state index in [-0.39, 0.29) is 18.1 Å². The van der Waals surface area contributed by atoms with Crippen LogP contribution in [0.15, 0.2) is 46.9 Å². The molecule has 6 nitrogen and oxygen atoms in total. The van der Waals surface area contributed by atoms with Gasteiger partial charge in [0.1, 0.15) is 11.3 Å². The van der Waals surface area contributed by atoms with Crippen molar-refractivity contribution in [1.29, 1.82) is 0 Å². The topological polar surface area (TPSA) is 61.1 Å². The molecule has 0 radical (unpaired) electrons. The third-order valence-electron chi connectivity index (χ3n) is 5.65. The van der Waals surface area contributed by atoms with Crippen molar-refractivity contribution in [2.75, 3.05) is 27.3 Å². The second kappa shape index (κ2) is 9.02. The van der Waals surface area contributed by atoms with E-state index in [1.165, 1.54) is 0 Å². The molecule has 0 aliphatic carbocycles. The molecule has 2 heterocycles. The van der Waals surface area contributed by atoms with Crippen molar-refractivity contribution in [2.24, 2.45) is 0 Å². The van der Waals surface area contributed by atoms with Crippen LogP contribution in [0.2, 0.25) is 0 Å². The van der Waals surface area contributed by atoms with Crippen LogP contribution in [0.4, 0.5) is 0 Å². The highest BCUT2D eigenvalue weighted by Crippen LogP contribution is 2.35. The fraction of sp³-hybridized carbons (Fsp3) is 0.400. The van der Waals surface area contributed by atoms with E-state index in [9.17, 15) is 4.79 Å². The Kier molecular flexibility index (Phi) is 6.18. The Hall–Kier alpha value is -2.99. The molecule has 1 aliphatic rings. The molecule has 2 aromatic carbocycles. The van der Waals surface area contributed by atoms with Crippen molar-refractivity contribution >= 4 is 16.9 Å². The van der Waals surface area contributed by atoms with Gasteiger partial charge in [-0.15, -0.1) is 0 Å². The molecule has 0 N–H and O–H groups in total. The molecule has 0 bridgehead atoms. The first-order valence-corrected chi connectivity index (χ1v) is 10.6. The van der Waals surface area contributed by atoms with Crippen LogP contribution in [-0.2, 0) is 16.0 Å². The molecule has 6 heteroatoms. The van der Waals surface area contributed by atoms with Crippen LogP contribution in [-0.4, -0.2) is 50.3 Å². The number of methoxy groups -OCH3 is 2. The minimum atomic E-state index is 0.0879. The number of carbonyl (C=O) groups excluding carboxylic acids is 1. The molecule has 1 saturated heterocycles. The Morgan fingerprint density at radius 3 is 2.45 bits per heavy atom. The van der Waals surface area contributed by atoms with Gasteiger partial charge in [0.05, 0.1) is 26.4 Å². The fourth-order valence-electron chi connectivity index (χ4n) is 4.17. The van der Waals surface area contributed by atoms with Crippen LogP contribution in [0.5, 0.6) is 11.5 Å². The Morgan fingerprint density at radius 1 is 1.00 bits per heavy atom. The second-order valence-corrected chi connectivity index (χ2v) is 8.11. The maximum atomic E-state index is 12.7. The molecule has 4 rings (SSSR count). The highest BCUT2D eigenvalue weighted by molar-refractivity contribution is 5.84. The molecule has 1 aromatic heterocycles. The molecule has 3 aromatic rings.